The topological polar surface area (TPSA) is 64.3 Å². The monoisotopic (exact) mass is 347 g/mol. The molecule has 0 aliphatic rings. The lowest BCUT2D eigenvalue weighted by atomic mass is 10.2. The van der Waals surface area contributed by atoms with E-state index in [0.29, 0.717) is 6.61 Å². The number of nitrogens with one attached hydrogen (secondary N) is 1. The molecule has 4 rings (SSSR count). The Hall–Kier alpha value is -3.15. The van der Waals surface area contributed by atoms with Crippen molar-refractivity contribution >= 4 is 28.2 Å². The summed E-state index contributed by atoms with van der Waals surface area (Å²) in [6, 6.07) is 11.9. The van der Waals surface area contributed by atoms with E-state index in [1.165, 1.54) is 0 Å². The summed E-state index contributed by atoms with van der Waals surface area (Å²) < 4.78 is 7.33. The molecule has 0 aliphatic carbocycles. The number of hydrogen-bond donors (Lipinski definition) is 1. The molecule has 26 heavy (non-hydrogen) atoms. The van der Waals surface area contributed by atoms with E-state index >= 15 is 0 Å². The van der Waals surface area contributed by atoms with Crippen LogP contribution in [0.3, 0.4) is 0 Å². The fourth-order valence-corrected chi connectivity index (χ4v) is 3.18. The van der Waals surface area contributed by atoms with E-state index in [1.54, 1.807) is 0 Å². The van der Waals surface area contributed by atoms with Gasteiger partial charge in [0.15, 0.2) is 11.3 Å². The van der Waals surface area contributed by atoms with E-state index in [0.717, 1.165) is 50.9 Å². The molecule has 3 heterocycles. The van der Waals surface area contributed by atoms with Crippen LogP contribution >= 0.6 is 0 Å². The maximum Gasteiger partial charge on any atom is 0.184 e. The molecule has 0 saturated heterocycles. The smallest absolute Gasteiger partial charge is 0.184 e. The van der Waals surface area contributed by atoms with Crippen molar-refractivity contribution in [1.82, 2.24) is 19.6 Å². The molecule has 0 spiro atoms. The number of aromatic nitrogens is 4. The molecule has 0 amide bonds. The number of hydrogen-bond acceptors (Lipinski definition) is 5. The van der Waals surface area contributed by atoms with Gasteiger partial charge in [0, 0.05) is 23.1 Å². The van der Waals surface area contributed by atoms with Crippen LogP contribution in [0.15, 0.2) is 36.4 Å². The van der Waals surface area contributed by atoms with Crippen LogP contribution in [0.4, 0.5) is 11.5 Å². The number of aryl methyl sites for hydroxylation is 3. The lowest BCUT2D eigenvalue weighted by molar-refractivity contribution is 0.340. The van der Waals surface area contributed by atoms with Crippen LogP contribution in [0.1, 0.15) is 23.9 Å². The average molecular weight is 347 g/mol. The number of anilines is 2. The van der Waals surface area contributed by atoms with Gasteiger partial charge >= 0.3 is 0 Å². The Balaban J connectivity index is 1.83. The zero-order valence-corrected chi connectivity index (χ0v) is 15.4. The molecule has 0 radical (unpaired) electrons. The van der Waals surface area contributed by atoms with Crippen molar-refractivity contribution in [2.75, 3.05) is 11.9 Å². The molecule has 0 unspecified atom stereocenters. The number of fused-ring (bicyclic) bond motifs is 3. The zero-order valence-electron chi connectivity index (χ0n) is 15.4. The third-order valence-electron chi connectivity index (χ3n) is 4.24. The number of rotatable bonds is 4. The van der Waals surface area contributed by atoms with Crippen LogP contribution < -0.4 is 10.1 Å². The van der Waals surface area contributed by atoms with Crippen molar-refractivity contribution in [3.63, 3.8) is 0 Å². The highest BCUT2D eigenvalue weighted by atomic mass is 16.5. The van der Waals surface area contributed by atoms with Gasteiger partial charge in [-0.15, -0.1) is 5.10 Å². The Kier molecular flexibility index (Phi) is 3.95. The molecule has 6 heteroatoms. The Labute approximate surface area is 151 Å². The second kappa shape index (κ2) is 6.29. The van der Waals surface area contributed by atoms with Crippen molar-refractivity contribution in [2.24, 2.45) is 0 Å². The summed E-state index contributed by atoms with van der Waals surface area (Å²) in [5, 5.41) is 9.10. The van der Waals surface area contributed by atoms with E-state index < -0.39 is 0 Å². The lowest BCUT2D eigenvalue weighted by Gasteiger charge is -2.10. The van der Waals surface area contributed by atoms with Gasteiger partial charge in [-0.1, -0.05) is 0 Å². The van der Waals surface area contributed by atoms with Crippen LogP contribution in [-0.4, -0.2) is 26.2 Å². The first-order valence-electron chi connectivity index (χ1n) is 8.69. The molecule has 0 saturated carbocycles. The second-order valence-corrected chi connectivity index (χ2v) is 6.38. The molecule has 0 bridgehead atoms. The average Bonchev–Trinajstić information content (AvgIpc) is 2.95. The van der Waals surface area contributed by atoms with Crippen LogP contribution in [0.2, 0.25) is 0 Å². The summed E-state index contributed by atoms with van der Waals surface area (Å²) in [5.41, 5.74) is 5.51. The predicted molar refractivity (Wildman–Crippen MR) is 103 cm³/mol. The molecule has 0 aliphatic heterocycles. The first kappa shape index (κ1) is 16.3. The fraction of sp³-hybridized carbons (Fsp3) is 0.250. The summed E-state index contributed by atoms with van der Waals surface area (Å²) in [5.74, 6) is 1.71. The number of pyridine rings is 1. The predicted octanol–water partition coefficient (Wildman–Crippen LogP) is 4.35. The van der Waals surface area contributed by atoms with Gasteiger partial charge in [-0.05, 0) is 63.6 Å². The quantitative estimate of drug-likeness (QED) is 0.595. The SMILES string of the molecule is CCOc1ccc(Nc2cc(C)nc3c4c(C)cc(C)nc4nn23)cc1. The van der Waals surface area contributed by atoms with Gasteiger partial charge in [0.1, 0.15) is 11.6 Å². The van der Waals surface area contributed by atoms with Gasteiger partial charge in [0.05, 0.1) is 12.0 Å². The van der Waals surface area contributed by atoms with Crippen LogP contribution in [0.25, 0.3) is 16.7 Å². The molecule has 4 aromatic rings. The molecular formula is C20H21N5O. The Morgan fingerprint density at radius 1 is 1.00 bits per heavy atom. The number of ether oxygens (including phenoxy) is 1. The maximum atomic E-state index is 5.50. The van der Waals surface area contributed by atoms with Crippen molar-refractivity contribution in [2.45, 2.75) is 27.7 Å². The number of nitrogens with zero attached hydrogens (tertiary/aromatic N) is 4. The van der Waals surface area contributed by atoms with E-state index in [9.17, 15) is 0 Å². The van der Waals surface area contributed by atoms with Crippen LogP contribution in [0, 0.1) is 20.8 Å². The first-order chi connectivity index (χ1) is 12.5. The minimum Gasteiger partial charge on any atom is -0.494 e. The van der Waals surface area contributed by atoms with E-state index in [4.69, 9.17) is 9.72 Å². The van der Waals surface area contributed by atoms with Crippen LogP contribution in [0.5, 0.6) is 5.75 Å². The summed E-state index contributed by atoms with van der Waals surface area (Å²) in [4.78, 5) is 9.26. The minimum atomic E-state index is 0.655. The molecule has 3 aromatic heterocycles. The van der Waals surface area contributed by atoms with Gasteiger partial charge in [-0.2, -0.15) is 4.52 Å². The van der Waals surface area contributed by atoms with Crippen molar-refractivity contribution in [3.05, 3.63) is 53.3 Å². The maximum absolute atomic E-state index is 5.50. The summed E-state index contributed by atoms with van der Waals surface area (Å²) >= 11 is 0. The van der Waals surface area contributed by atoms with Gasteiger partial charge < -0.3 is 10.1 Å². The lowest BCUT2D eigenvalue weighted by Crippen LogP contribution is -2.02. The van der Waals surface area contributed by atoms with Gasteiger partial charge in [0.2, 0.25) is 0 Å². The molecule has 1 aromatic carbocycles. The summed E-state index contributed by atoms with van der Waals surface area (Å²) in [6.45, 7) is 8.67. The van der Waals surface area contributed by atoms with Crippen LogP contribution in [-0.2, 0) is 0 Å². The highest BCUT2D eigenvalue weighted by Gasteiger charge is 2.14. The molecule has 0 fully saturated rings. The van der Waals surface area contributed by atoms with E-state index in [1.807, 2.05) is 55.6 Å². The minimum absolute atomic E-state index is 0.655. The van der Waals surface area contributed by atoms with E-state index in [2.05, 4.69) is 28.4 Å². The summed E-state index contributed by atoms with van der Waals surface area (Å²) in [6.07, 6.45) is 0. The van der Waals surface area contributed by atoms with E-state index in [-0.39, 0.29) is 0 Å². The first-order valence-corrected chi connectivity index (χ1v) is 8.69. The third-order valence-corrected chi connectivity index (χ3v) is 4.24. The zero-order chi connectivity index (χ0) is 18.3. The Morgan fingerprint density at radius 3 is 2.46 bits per heavy atom. The Morgan fingerprint density at radius 2 is 1.73 bits per heavy atom. The molecule has 1 N–H and O–H groups in total. The van der Waals surface area contributed by atoms with Crippen molar-refractivity contribution in [1.29, 1.82) is 0 Å². The van der Waals surface area contributed by atoms with Gasteiger partial charge in [-0.25, -0.2) is 9.97 Å². The highest BCUT2D eigenvalue weighted by molar-refractivity contribution is 5.93. The summed E-state index contributed by atoms with van der Waals surface area (Å²) in [7, 11) is 0. The molecule has 6 nitrogen and oxygen atoms in total. The molecule has 132 valence electrons. The largest absolute Gasteiger partial charge is 0.494 e. The third kappa shape index (κ3) is 2.83. The molecule has 0 atom stereocenters. The standard InChI is InChI=1S/C20H21N5O/c1-5-26-16-8-6-15(7-9-16)23-17-11-14(4)22-20-18-12(2)10-13(3)21-19(18)24-25(17)20/h6-11,23H,5H2,1-4H3. The molecular weight excluding hydrogens is 326 g/mol. The van der Waals surface area contributed by atoms with Gasteiger partial charge in [0.25, 0.3) is 0 Å². The van der Waals surface area contributed by atoms with Crippen molar-refractivity contribution < 1.29 is 4.74 Å². The Bertz CT molecular complexity index is 1100. The second-order valence-electron chi connectivity index (χ2n) is 6.38. The normalized spacial score (nSPS) is 11.2. The van der Waals surface area contributed by atoms with Crippen molar-refractivity contribution in [3.8, 4) is 5.75 Å². The number of benzene rings is 1. The fourth-order valence-electron chi connectivity index (χ4n) is 3.18. The highest BCUT2D eigenvalue weighted by Crippen LogP contribution is 2.26. The van der Waals surface area contributed by atoms with Gasteiger partial charge in [-0.3, -0.25) is 0 Å².